The van der Waals surface area contributed by atoms with Gasteiger partial charge in [-0.1, -0.05) is 0 Å². The van der Waals surface area contributed by atoms with Crippen LogP contribution in [0.3, 0.4) is 0 Å². The van der Waals surface area contributed by atoms with Gasteiger partial charge in [0.05, 0.1) is 36.7 Å². The monoisotopic (exact) mass is 404 g/mol. The molecule has 0 aromatic carbocycles. The third kappa shape index (κ3) is 2.97. The van der Waals surface area contributed by atoms with Gasteiger partial charge in [0, 0.05) is 74.7 Å². The van der Waals surface area contributed by atoms with Crippen LogP contribution in [-0.2, 0) is 12.6 Å². The zero-order valence-electron chi connectivity index (χ0n) is 16.6. The molecule has 1 fully saturated rings. The first-order chi connectivity index (χ1) is 14.6. The predicted octanol–water partition coefficient (Wildman–Crippen LogP) is 2.49. The molecule has 5 rings (SSSR count). The first-order valence-electron chi connectivity index (χ1n) is 9.79. The minimum absolute atomic E-state index is 0.321. The molecule has 0 unspecified atom stereocenters. The molecule has 4 aromatic rings. The van der Waals surface area contributed by atoms with Crippen molar-refractivity contribution in [3.8, 4) is 28.7 Å². The van der Waals surface area contributed by atoms with E-state index in [1.807, 2.05) is 53.3 Å². The van der Waals surface area contributed by atoms with Crippen LogP contribution < -0.4 is 0 Å². The highest BCUT2D eigenvalue weighted by Crippen LogP contribution is 2.35. The number of halogens is 1. The van der Waals surface area contributed by atoms with Crippen molar-refractivity contribution in [2.45, 2.75) is 12.0 Å². The van der Waals surface area contributed by atoms with E-state index in [1.54, 1.807) is 17.1 Å². The van der Waals surface area contributed by atoms with Gasteiger partial charge in [-0.05, 0) is 6.07 Å². The summed E-state index contributed by atoms with van der Waals surface area (Å²) in [6.45, 7) is 1.31. The second-order valence-electron chi connectivity index (χ2n) is 7.80. The number of hydrogen-bond donors (Lipinski definition) is 0. The van der Waals surface area contributed by atoms with Gasteiger partial charge < -0.3 is 4.57 Å². The molecule has 5 heterocycles. The van der Waals surface area contributed by atoms with E-state index >= 15 is 0 Å². The van der Waals surface area contributed by atoms with Crippen LogP contribution >= 0.6 is 0 Å². The van der Waals surface area contributed by atoms with Gasteiger partial charge in [0.1, 0.15) is 11.5 Å². The van der Waals surface area contributed by atoms with Crippen LogP contribution in [0.5, 0.6) is 0 Å². The molecular weight excluding hydrogens is 383 g/mol. The van der Waals surface area contributed by atoms with Crippen molar-refractivity contribution in [3.05, 3.63) is 49.3 Å². The Labute approximate surface area is 172 Å². The Hall–Kier alpha value is -3.51. The number of alkyl halides is 1. The SMILES string of the molecule is Cn1cc(-c2cc3nccn3c(-c3ccn(C4(CCF)CN(CC#N)C4)c3)n2)cn1. The zero-order chi connectivity index (χ0) is 20.7. The lowest BCUT2D eigenvalue weighted by atomic mass is 9.86. The van der Waals surface area contributed by atoms with Gasteiger partial charge in [-0.2, -0.15) is 10.4 Å². The second kappa shape index (κ2) is 7.07. The van der Waals surface area contributed by atoms with Gasteiger partial charge in [0.2, 0.25) is 0 Å². The number of likely N-dealkylation sites (tertiary alicyclic amines) is 1. The Morgan fingerprint density at radius 1 is 1.23 bits per heavy atom. The highest BCUT2D eigenvalue weighted by molar-refractivity contribution is 5.68. The molecule has 0 N–H and O–H groups in total. The first-order valence-corrected chi connectivity index (χ1v) is 9.79. The molecule has 9 heteroatoms. The van der Waals surface area contributed by atoms with Crippen LogP contribution in [-0.4, -0.2) is 59.9 Å². The number of hydrogen-bond acceptors (Lipinski definition) is 5. The summed E-state index contributed by atoms with van der Waals surface area (Å²) in [5, 5.41) is 13.2. The average Bonchev–Trinajstić information content (AvgIpc) is 3.45. The number of aryl methyl sites for hydroxylation is 1. The molecular formula is C21H21FN8. The van der Waals surface area contributed by atoms with Crippen molar-refractivity contribution in [3.63, 3.8) is 0 Å². The fourth-order valence-electron chi connectivity index (χ4n) is 4.28. The standard InChI is InChI=1S/C21H21FN8/c1-27-12-17(11-25-27)18-10-19-24-6-9-30(19)20(26-18)16-2-7-29(13-16)21(3-4-22)14-28(15-21)8-5-23/h2,6-7,9-13H,3-4,8,14-15H2,1H3. The average molecular weight is 404 g/mol. The molecule has 8 nitrogen and oxygen atoms in total. The fourth-order valence-corrected chi connectivity index (χ4v) is 4.28. The van der Waals surface area contributed by atoms with E-state index in [9.17, 15) is 4.39 Å². The van der Waals surface area contributed by atoms with E-state index in [1.165, 1.54) is 0 Å². The normalized spacial score (nSPS) is 15.9. The highest BCUT2D eigenvalue weighted by atomic mass is 19.1. The Balaban J connectivity index is 1.55. The summed E-state index contributed by atoms with van der Waals surface area (Å²) < 4.78 is 19.1. The molecule has 4 aromatic heterocycles. The van der Waals surface area contributed by atoms with E-state index in [0.29, 0.717) is 26.1 Å². The smallest absolute Gasteiger partial charge is 0.147 e. The van der Waals surface area contributed by atoms with E-state index < -0.39 is 6.67 Å². The maximum atomic E-state index is 13.3. The van der Waals surface area contributed by atoms with Crippen molar-refractivity contribution < 1.29 is 4.39 Å². The van der Waals surface area contributed by atoms with E-state index in [-0.39, 0.29) is 5.54 Å². The van der Waals surface area contributed by atoms with Gasteiger partial charge in [0.15, 0.2) is 0 Å². The molecule has 1 saturated heterocycles. The number of nitriles is 1. The van der Waals surface area contributed by atoms with Crippen molar-refractivity contribution in [1.29, 1.82) is 5.26 Å². The van der Waals surface area contributed by atoms with Crippen molar-refractivity contribution in [2.24, 2.45) is 7.05 Å². The molecule has 0 spiro atoms. The zero-order valence-corrected chi connectivity index (χ0v) is 16.6. The maximum absolute atomic E-state index is 13.3. The van der Waals surface area contributed by atoms with Gasteiger partial charge in [-0.3, -0.25) is 18.4 Å². The number of imidazole rings is 1. The predicted molar refractivity (Wildman–Crippen MR) is 109 cm³/mol. The Morgan fingerprint density at radius 3 is 2.83 bits per heavy atom. The topological polar surface area (TPSA) is 80.0 Å². The lowest BCUT2D eigenvalue weighted by Crippen LogP contribution is -2.62. The van der Waals surface area contributed by atoms with Crippen LogP contribution in [0, 0.1) is 11.3 Å². The Bertz CT molecular complexity index is 1240. The third-order valence-corrected chi connectivity index (χ3v) is 5.78. The van der Waals surface area contributed by atoms with Gasteiger partial charge >= 0.3 is 0 Å². The summed E-state index contributed by atoms with van der Waals surface area (Å²) >= 11 is 0. The first kappa shape index (κ1) is 18.5. The summed E-state index contributed by atoms with van der Waals surface area (Å²) in [6, 6.07) is 6.11. The molecule has 0 amide bonds. The Morgan fingerprint density at radius 2 is 2.10 bits per heavy atom. The third-order valence-electron chi connectivity index (χ3n) is 5.78. The molecule has 0 bridgehead atoms. The van der Waals surface area contributed by atoms with E-state index in [4.69, 9.17) is 10.2 Å². The lowest BCUT2D eigenvalue weighted by Gasteiger charge is -2.50. The summed E-state index contributed by atoms with van der Waals surface area (Å²) in [5.41, 5.74) is 3.13. The molecule has 0 saturated carbocycles. The van der Waals surface area contributed by atoms with E-state index in [0.717, 1.165) is 28.3 Å². The quantitative estimate of drug-likeness (QED) is 0.461. The maximum Gasteiger partial charge on any atom is 0.147 e. The summed E-state index contributed by atoms with van der Waals surface area (Å²) in [7, 11) is 1.87. The lowest BCUT2D eigenvalue weighted by molar-refractivity contribution is 0.0102. The molecule has 152 valence electrons. The fraction of sp³-hybridized carbons (Fsp3) is 0.333. The van der Waals surface area contributed by atoms with Gasteiger partial charge in [-0.15, -0.1) is 0 Å². The molecule has 0 aliphatic carbocycles. The molecule has 1 aliphatic heterocycles. The summed E-state index contributed by atoms with van der Waals surface area (Å²) in [6.07, 6.45) is 11.8. The number of nitrogens with zero attached hydrogens (tertiary/aromatic N) is 8. The summed E-state index contributed by atoms with van der Waals surface area (Å²) in [5.74, 6) is 0.770. The number of rotatable bonds is 6. The van der Waals surface area contributed by atoms with Gasteiger partial charge in [0.25, 0.3) is 0 Å². The van der Waals surface area contributed by atoms with Crippen molar-refractivity contribution >= 4 is 5.65 Å². The van der Waals surface area contributed by atoms with Crippen LogP contribution in [0.4, 0.5) is 4.39 Å². The van der Waals surface area contributed by atoms with Crippen molar-refractivity contribution in [2.75, 3.05) is 26.3 Å². The van der Waals surface area contributed by atoms with Crippen molar-refractivity contribution in [1.82, 2.24) is 33.6 Å². The van der Waals surface area contributed by atoms with Crippen LogP contribution in [0.2, 0.25) is 0 Å². The molecule has 0 atom stereocenters. The largest absolute Gasteiger partial charge is 0.345 e. The minimum Gasteiger partial charge on any atom is -0.345 e. The molecule has 1 aliphatic rings. The van der Waals surface area contributed by atoms with Crippen LogP contribution in [0.15, 0.2) is 49.3 Å². The van der Waals surface area contributed by atoms with E-state index in [2.05, 4.69) is 20.7 Å². The summed E-state index contributed by atoms with van der Waals surface area (Å²) in [4.78, 5) is 11.4. The van der Waals surface area contributed by atoms with Gasteiger partial charge in [-0.25, -0.2) is 9.97 Å². The number of aromatic nitrogens is 6. The Kier molecular flexibility index (Phi) is 4.37. The van der Waals surface area contributed by atoms with Crippen LogP contribution in [0.25, 0.3) is 28.3 Å². The number of fused-ring (bicyclic) bond motifs is 1. The van der Waals surface area contributed by atoms with Crippen LogP contribution in [0.1, 0.15) is 6.42 Å². The highest BCUT2D eigenvalue weighted by Gasteiger charge is 2.43. The molecule has 0 radical (unpaired) electrons. The minimum atomic E-state index is -0.394. The second-order valence-corrected chi connectivity index (χ2v) is 7.80. The molecule has 30 heavy (non-hydrogen) atoms.